The number of ether oxygens (including phenoxy) is 2. The van der Waals surface area contributed by atoms with Crippen LogP contribution < -0.4 is 15.2 Å². The van der Waals surface area contributed by atoms with Crippen LogP contribution in [0.25, 0.3) is 22.4 Å². The van der Waals surface area contributed by atoms with Crippen molar-refractivity contribution < 1.29 is 9.47 Å². The van der Waals surface area contributed by atoms with Gasteiger partial charge in [-0.1, -0.05) is 0 Å². The zero-order valence-electron chi connectivity index (χ0n) is 11.2. The Morgan fingerprint density at radius 3 is 2.60 bits per heavy atom. The Morgan fingerprint density at radius 1 is 1.15 bits per heavy atom. The number of imidazole rings is 1. The van der Waals surface area contributed by atoms with Gasteiger partial charge in [0.2, 0.25) is 0 Å². The molecule has 0 aliphatic heterocycles. The maximum atomic E-state index is 5.91. The van der Waals surface area contributed by atoms with E-state index in [4.69, 9.17) is 15.2 Å². The van der Waals surface area contributed by atoms with Crippen LogP contribution in [0.4, 0.5) is 5.69 Å². The molecule has 0 radical (unpaired) electrons. The van der Waals surface area contributed by atoms with Crippen LogP contribution in [0.15, 0.2) is 30.6 Å². The highest BCUT2D eigenvalue weighted by molar-refractivity contribution is 5.84. The van der Waals surface area contributed by atoms with Crippen LogP contribution in [-0.4, -0.2) is 29.2 Å². The summed E-state index contributed by atoms with van der Waals surface area (Å²) in [5.41, 5.74) is 8.94. The van der Waals surface area contributed by atoms with E-state index in [1.807, 2.05) is 18.2 Å². The minimum Gasteiger partial charge on any atom is -0.493 e. The number of aromatic nitrogens is 3. The van der Waals surface area contributed by atoms with Gasteiger partial charge in [0.05, 0.1) is 37.1 Å². The predicted molar refractivity (Wildman–Crippen MR) is 76.8 cm³/mol. The van der Waals surface area contributed by atoms with Crippen molar-refractivity contribution in [3.05, 3.63) is 30.6 Å². The summed E-state index contributed by atoms with van der Waals surface area (Å²) in [4.78, 5) is 11.7. The van der Waals surface area contributed by atoms with Gasteiger partial charge in [0.25, 0.3) is 0 Å². The van der Waals surface area contributed by atoms with E-state index in [1.54, 1.807) is 26.6 Å². The number of nitrogens with two attached hydrogens (primary N) is 1. The predicted octanol–water partition coefficient (Wildman–Crippen LogP) is 2.22. The normalized spacial score (nSPS) is 10.7. The number of fused-ring (bicyclic) bond motifs is 1. The summed E-state index contributed by atoms with van der Waals surface area (Å²) in [5.74, 6) is 1.98. The van der Waals surface area contributed by atoms with Crippen molar-refractivity contribution in [1.82, 2.24) is 15.0 Å². The molecule has 0 unspecified atom stereocenters. The SMILES string of the molecule is COc1cc2nc(-c3ccncc3N)[nH]c2cc1OC. The van der Waals surface area contributed by atoms with Gasteiger partial charge in [-0.2, -0.15) is 0 Å². The maximum Gasteiger partial charge on any atom is 0.163 e. The van der Waals surface area contributed by atoms with Crippen molar-refractivity contribution in [2.75, 3.05) is 20.0 Å². The Hall–Kier alpha value is -2.76. The van der Waals surface area contributed by atoms with Crippen molar-refractivity contribution in [2.24, 2.45) is 0 Å². The highest BCUT2D eigenvalue weighted by Crippen LogP contribution is 2.33. The zero-order chi connectivity index (χ0) is 14.1. The number of rotatable bonds is 3. The average Bonchev–Trinajstić information content (AvgIpc) is 2.88. The molecular weight excluding hydrogens is 256 g/mol. The van der Waals surface area contributed by atoms with Gasteiger partial charge in [-0.3, -0.25) is 4.98 Å². The minimum atomic E-state index is 0.575. The first-order chi connectivity index (χ1) is 9.72. The van der Waals surface area contributed by atoms with Gasteiger partial charge in [0.15, 0.2) is 11.5 Å². The van der Waals surface area contributed by atoms with Crippen LogP contribution >= 0.6 is 0 Å². The van der Waals surface area contributed by atoms with Crippen molar-refractivity contribution >= 4 is 16.7 Å². The van der Waals surface area contributed by atoms with Gasteiger partial charge >= 0.3 is 0 Å². The lowest BCUT2D eigenvalue weighted by Crippen LogP contribution is -1.91. The topological polar surface area (TPSA) is 86.0 Å². The molecule has 0 fully saturated rings. The fourth-order valence-corrected chi connectivity index (χ4v) is 2.09. The van der Waals surface area contributed by atoms with Crippen LogP contribution in [0.3, 0.4) is 0 Å². The van der Waals surface area contributed by atoms with Crippen molar-refractivity contribution in [3.63, 3.8) is 0 Å². The molecule has 0 atom stereocenters. The molecule has 6 heteroatoms. The monoisotopic (exact) mass is 270 g/mol. The lowest BCUT2D eigenvalue weighted by atomic mass is 10.2. The highest BCUT2D eigenvalue weighted by atomic mass is 16.5. The Labute approximate surface area is 115 Å². The summed E-state index contributed by atoms with van der Waals surface area (Å²) in [6, 6.07) is 5.50. The molecule has 6 nitrogen and oxygen atoms in total. The van der Waals surface area contributed by atoms with E-state index in [0.717, 1.165) is 16.6 Å². The number of nitrogen functional groups attached to an aromatic ring is 1. The van der Waals surface area contributed by atoms with Crippen LogP contribution in [0.1, 0.15) is 0 Å². The fraction of sp³-hybridized carbons (Fsp3) is 0.143. The lowest BCUT2D eigenvalue weighted by molar-refractivity contribution is 0.356. The lowest BCUT2D eigenvalue weighted by Gasteiger charge is -2.06. The van der Waals surface area contributed by atoms with E-state index in [0.29, 0.717) is 23.0 Å². The number of nitrogens with zero attached hydrogens (tertiary/aromatic N) is 2. The molecule has 0 bridgehead atoms. The molecule has 1 aromatic carbocycles. The smallest absolute Gasteiger partial charge is 0.163 e. The van der Waals surface area contributed by atoms with Crippen LogP contribution in [0.5, 0.6) is 11.5 Å². The van der Waals surface area contributed by atoms with Crippen molar-refractivity contribution in [2.45, 2.75) is 0 Å². The number of pyridine rings is 1. The summed E-state index contributed by atoms with van der Waals surface area (Å²) in [7, 11) is 3.19. The second-order valence-electron chi connectivity index (χ2n) is 4.27. The van der Waals surface area contributed by atoms with Gasteiger partial charge in [0.1, 0.15) is 5.82 Å². The van der Waals surface area contributed by atoms with E-state index in [9.17, 15) is 0 Å². The first-order valence-corrected chi connectivity index (χ1v) is 6.04. The van der Waals surface area contributed by atoms with Gasteiger partial charge in [-0.05, 0) is 6.07 Å². The largest absolute Gasteiger partial charge is 0.493 e. The molecule has 0 amide bonds. The van der Waals surface area contributed by atoms with Crippen molar-refractivity contribution in [1.29, 1.82) is 0 Å². The van der Waals surface area contributed by atoms with Gasteiger partial charge < -0.3 is 20.2 Å². The molecule has 20 heavy (non-hydrogen) atoms. The number of nitrogens with one attached hydrogen (secondary N) is 1. The zero-order valence-corrected chi connectivity index (χ0v) is 11.2. The molecule has 0 spiro atoms. The summed E-state index contributed by atoms with van der Waals surface area (Å²) in [6.45, 7) is 0. The summed E-state index contributed by atoms with van der Waals surface area (Å²) >= 11 is 0. The second-order valence-corrected chi connectivity index (χ2v) is 4.27. The highest BCUT2D eigenvalue weighted by Gasteiger charge is 2.12. The van der Waals surface area contributed by atoms with Crippen LogP contribution in [-0.2, 0) is 0 Å². The molecule has 102 valence electrons. The van der Waals surface area contributed by atoms with E-state index in [2.05, 4.69) is 15.0 Å². The number of benzene rings is 1. The molecule has 3 N–H and O–H groups in total. The van der Waals surface area contributed by atoms with Crippen LogP contribution in [0.2, 0.25) is 0 Å². The molecule has 0 aliphatic rings. The molecule has 3 rings (SSSR count). The minimum absolute atomic E-state index is 0.575. The first kappa shape index (κ1) is 12.3. The van der Waals surface area contributed by atoms with Gasteiger partial charge in [-0.15, -0.1) is 0 Å². The summed E-state index contributed by atoms with van der Waals surface area (Å²) in [5, 5.41) is 0. The maximum absolute atomic E-state index is 5.91. The third-order valence-electron chi connectivity index (χ3n) is 3.09. The third-order valence-corrected chi connectivity index (χ3v) is 3.09. The number of aromatic amines is 1. The van der Waals surface area contributed by atoms with Gasteiger partial charge in [0, 0.05) is 23.9 Å². The van der Waals surface area contributed by atoms with Crippen molar-refractivity contribution in [3.8, 4) is 22.9 Å². The molecule has 3 aromatic rings. The Kier molecular flexibility index (Phi) is 2.90. The Bertz CT molecular complexity index is 726. The fourth-order valence-electron chi connectivity index (χ4n) is 2.09. The van der Waals surface area contributed by atoms with Crippen LogP contribution in [0, 0.1) is 0 Å². The van der Waals surface area contributed by atoms with E-state index >= 15 is 0 Å². The molecular formula is C14H14N4O2. The Balaban J connectivity index is 2.18. The molecule has 0 saturated carbocycles. The molecule has 2 heterocycles. The average molecular weight is 270 g/mol. The molecule has 2 aromatic heterocycles. The van der Waals surface area contributed by atoms with Gasteiger partial charge in [-0.25, -0.2) is 4.98 Å². The number of hydrogen-bond donors (Lipinski definition) is 2. The summed E-state index contributed by atoms with van der Waals surface area (Å²) < 4.78 is 10.5. The van der Waals surface area contributed by atoms with E-state index in [1.165, 1.54) is 0 Å². The van der Waals surface area contributed by atoms with E-state index in [-0.39, 0.29) is 0 Å². The number of H-pyrrole nitrogens is 1. The first-order valence-electron chi connectivity index (χ1n) is 6.04. The third kappa shape index (κ3) is 1.91. The summed E-state index contributed by atoms with van der Waals surface area (Å²) in [6.07, 6.45) is 3.28. The number of methoxy groups -OCH3 is 2. The second kappa shape index (κ2) is 4.73. The number of anilines is 1. The number of hydrogen-bond acceptors (Lipinski definition) is 5. The molecule has 0 aliphatic carbocycles. The molecule has 0 saturated heterocycles. The standard InChI is InChI=1S/C14H14N4O2/c1-19-12-5-10-11(6-13(12)20-2)18-14(17-10)8-3-4-16-7-9(8)15/h3-7H,15H2,1-2H3,(H,17,18). The quantitative estimate of drug-likeness (QED) is 0.762. The van der Waals surface area contributed by atoms with E-state index < -0.39 is 0 Å². The Morgan fingerprint density at radius 2 is 1.90 bits per heavy atom.